The van der Waals surface area contributed by atoms with Gasteiger partial charge in [0.05, 0.1) is 5.69 Å². The van der Waals surface area contributed by atoms with E-state index in [4.69, 9.17) is 0 Å². The number of halogens is 2. The second kappa shape index (κ2) is 4.91. The number of pyridine rings is 1. The Bertz CT molecular complexity index is 497. The number of aryl methyl sites for hydroxylation is 1. The van der Waals surface area contributed by atoms with E-state index in [2.05, 4.69) is 9.72 Å². The maximum Gasteiger partial charge on any atom is 0.387 e. The van der Waals surface area contributed by atoms with Gasteiger partial charge in [0.25, 0.3) is 0 Å². The molecule has 2 nitrogen and oxygen atoms in total. The number of hydrogen-bond acceptors (Lipinski definition) is 2. The molecule has 0 aliphatic rings. The van der Waals surface area contributed by atoms with Gasteiger partial charge in [-0.15, -0.1) is 0 Å². The molecule has 2 rings (SSSR count). The number of para-hydroxylation sites is 1. The van der Waals surface area contributed by atoms with Gasteiger partial charge in [-0.1, -0.05) is 18.2 Å². The number of aromatic nitrogens is 1. The number of alkyl halides is 2. The van der Waals surface area contributed by atoms with Gasteiger partial charge in [0.1, 0.15) is 5.75 Å². The van der Waals surface area contributed by atoms with E-state index >= 15 is 0 Å². The Morgan fingerprint density at radius 1 is 1.12 bits per heavy atom. The number of nitrogens with zero attached hydrogens (tertiary/aromatic N) is 1. The van der Waals surface area contributed by atoms with Crippen molar-refractivity contribution < 1.29 is 13.5 Å². The van der Waals surface area contributed by atoms with Gasteiger partial charge in [-0.2, -0.15) is 8.78 Å². The Balaban J connectivity index is 2.40. The Hall–Kier alpha value is -1.97. The van der Waals surface area contributed by atoms with Crippen molar-refractivity contribution in [2.24, 2.45) is 0 Å². The largest absolute Gasteiger partial charge is 0.434 e. The normalized spacial score (nSPS) is 10.6. The number of ether oxygens (including phenoxy) is 1. The summed E-state index contributed by atoms with van der Waals surface area (Å²) in [7, 11) is 0. The minimum atomic E-state index is -2.83. The monoisotopic (exact) mass is 235 g/mol. The van der Waals surface area contributed by atoms with Gasteiger partial charge in [-0.25, -0.2) is 0 Å². The number of rotatable bonds is 3. The Labute approximate surface area is 97.9 Å². The van der Waals surface area contributed by atoms with Gasteiger partial charge in [-0.3, -0.25) is 4.98 Å². The summed E-state index contributed by atoms with van der Waals surface area (Å²) in [5.74, 6) is 0.138. The van der Waals surface area contributed by atoms with Crippen LogP contribution in [0.1, 0.15) is 5.56 Å². The molecule has 0 aliphatic heterocycles. The molecule has 4 heteroatoms. The molecular formula is C13H11F2NO. The lowest BCUT2D eigenvalue weighted by Gasteiger charge is -2.09. The first kappa shape index (κ1) is 11.5. The van der Waals surface area contributed by atoms with Crippen LogP contribution < -0.4 is 4.74 Å². The predicted molar refractivity (Wildman–Crippen MR) is 61.0 cm³/mol. The zero-order valence-corrected chi connectivity index (χ0v) is 9.23. The molecule has 88 valence electrons. The summed E-state index contributed by atoms with van der Waals surface area (Å²) in [4.78, 5) is 4.19. The van der Waals surface area contributed by atoms with Gasteiger partial charge in [0, 0.05) is 11.8 Å². The van der Waals surface area contributed by atoms with Crippen molar-refractivity contribution in [1.29, 1.82) is 0 Å². The average Bonchev–Trinajstić information content (AvgIpc) is 2.30. The van der Waals surface area contributed by atoms with Crippen LogP contribution in [0.4, 0.5) is 8.78 Å². The summed E-state index contributed by atoms with van der Waals surface area (Å²) in [6.07, 6.45) is 1.69. The molecule has 0 saturated heterocycles. The lowest BCUT2D eigenvalue weighted by molar-refractivity contribution is -0.0494. The van der Waals surface area contributed by atoms with E-state index in [0.717, 1.165) is 5.56 Å². The third-order valence-electron chi connectivity index (χ3n) is 2.29. The van der Waals surface area contributed by atoms with Crippen LogP contribution in [-0.4, -0.2) is 11.6 Å². The maximum atomic E-state index is 12.2. The van der Waals surface area contributed by atoms with E-state index < -0.39 is 6.61 Å². The molecule has 0 saturated carbocycles. The fraction of sp³-hybridized carbons (Fsp3) is 0.154. The molecule has 0 aliphatic carbocycles. The minimum absolute atomic E-state index is 0.138. The van der Waals surface area contributed by atoms with Crippen molar-refractivity contribution in [1.82, 2.24) is 4.98 Å². The van der Waals surface area contributed by atoms with Crippen LogP contribution in [0.3, 0.4) is 0 Å². The van der Waals surface area contributed by atoms with Crippen LogP contribution >= 0.6 is 0 Å². The highest BCUT2D eigenvalue weighted by atomic mass is 19.3. The third kappa shape index (κ3) is 2.78. The smallest absolute Gasteiger partial charge is 0.387 e. The van der Waals surface area contributed by atoms with E-state index in [-0.39, 0.29) is 5.75 Å². The standard InChI is InChI=1S/C13H11F2NO/c1-9-6-7-11(16-8-9)10-4-2-3-5-12(10)17-13(14)15/h2-8,13H,1H3. The summed E-state index contributed by atoms with van der Waals surface area (Å²) < 4.78 is 28.9. The van der Waals surface area contributed by atoms with Crippen LogP contribution in [0, 0.1) is 6.92 Å². The van der Waals surface area contributed by atoms with Crippen molar-refractivity contribution in [3.05, 3.63) is 48.2 Å². The second-order valence-electron chi connectivity index (χ2n) is 3.60. The highest BCUT2D eigenvalue weighted by molar-refractivity contribution is 5.66. The molecule has 0 bridgehead atoms. The number of benzene rings is 1. The van der Waals surface area contributed by atoms with E-state index in [1.54, 1.807) is 30.5 Å². The fourth-order valence-corrected chi connectivity index (χ4v) is 1.50. The topological polar surface area (TPSA) is 22.1 Å². The molecule has 1 aromatic heterocycles. The van der Waals surface area contributed by atoms with Gasteiger partial charge in [-0.05, 0) is 30.7 Å². The predicted octanol–water partition coefficient (Wildman–Crippen LogP) is 3.66. The third-order valence-corrected chi connectivity index (χ3v) is 2.29. The quantitative estimate of drug-likeness (QED) is 0.810. The summed E-state index contributed by atoms with van der Waals surface area (Å²) in [6.45, 7) is -0.917. The number of hydrogen-bond donors (Lipinski definition) is 0. The minimum Gasteiger partial charge on any atom is -0.434 e. The molecule has 0 N–H and O–H groups in total. The van der Waals surface area contributed by atoms with Crippen molar-refractivity contribution >= 4 is 0 Å². The SMILES string of the molecule is Cc1ccc(-c2ccccc2OC(F)F)nc1. The van der Waals surface area contributed by atoms with Crippen LogP contribution in [0.15, 0.2) is 42.6 Å². The molecule has 0 amide bonds. The molecular weight excluding hydrogens is 224 g/mol. The highest BCUT2D eigenvalue weighted by Crippen LogP contribution is 2.29. The average molecular weight is 235 g/mol. The lowest BCUT2D eigenvalue weighted by Crippen LogP contribution is -2.03. The van der Waals surface area contributed by atoms with E-state index in [0.29, 0.717) is 11.3 Å². The Morgan fingerprint density at radius 2 is 1.88 bits per heavy atom. The lowest BCUT2D eigenvalue weighted by atomic mass is 10.1. The zero-order valence-electron chi connectivity index (χ0n) is 9.23. The first-order chi connectivity index (χ1) is 8.16. The highest BCUT2D eigenvalue weighted by Gasteiger charge is 2.10. The molecule has 0 radical (unpaired) electrons. The summed E-state index contributed by atoms with van der Waals surface area (Å²) in [5, 5.41) is 0. The van der Waals surface area contributed by atoms with E-state index in [9.17, 15) is 8.78 Å². The van der Waals surface area contributed by atoms with Crippen LogP contribution in [0.2, 0.25) is 0 Å². The summed E-state index contributed by atoms with van der Waals surface area (Å²) in [6, 6.07) is 10.3. The first-order valence-corrected chi connectivity index (χ1v) is 5.13. The molecule has 0 spiro atoms. The molecule has 0 atom stereocenters. The fourth-order valence-electron chi connectivity index (χ4n) is 1.50. The Morgan fingerprint density at radius 3 is 2.53 bits per heavy atom. The van der Waals surface area contributed by atoms with Crippen molar-refractivity contribution in [3.8, 4) is 17.0 Å². The van der Waals surface area contributed by atoms with Crippen LogP contribution in [0.5, 0.6) is 5.75 Å². The van der Waals surface area contributed by atoms with Gasteiger partial charge < -0.3 is 4.74 Å². The second-order valence-corrected chi connectivity index (χ2v) is 3.60. The molecule has 17 heavy (non-hydrogen) atoms. The Kier molecular flexibility index (Phi) is 3.32. The molecule has 1 heterocycles. The molecule has 2 aromatic rings. The van der Waals surface area contributed by atoms with E-state index in [1.807, 2.05) is 13.0 Å². The molecule has 0 fully saturated rings. The van der Waals surface area contributed by atoms with E-state index in [1.165, 1.54) is 6.07 Å². The summed E-state index contributed by atoms with van der Waals surface area (Å²) >= 11 is 0. The van der Waals surface area contributed by atoms with Gasteiger partial charge >= 0.3 is 6.61 Å². The van der Waals surface area contributed by atoms with Gasteiger partial charge in [0.2, 0.25) is 0 Å². The molecule has 1 aromatic carbocycles. The molecule has 0 unspecified atom stereocenters. The maximum absolute atomic E-state index is 12.2. The zero-order chi connectivity index (χ0) is 12.3. The van der Waals surface area contributed by atoms with Crippen molar-refractivity contribution in [2.45, 2.75) is 13.5 Å². The van der Waals surface area contributed by atoms with Gasteiger partial charge in [0.15, 0.2) is 0 Å². The van der Waals surface area contributed by atoms with Crippen LogP contribution in [-0.2, 0) is 0 Å². The summed E-state index contributed by atoms with van der Waals surface area (Å²) in [5.41, 5.74) is 2.20. The van der Waals surface area contributed by atoms with Crippen molar-refractivity contribution in [3.63, 3.8) is 0 Å². The van der Waals surface area contributed by atoms with Crippen LogP contribution in [0.25, 0.3) is 11.3 Å². The van der Waals surface area contributed by atoms with Crippen molar-refractivity contribution in [2.75, 3.05) is 0 Å². The first-order valence-electron chi connectivity index (χ1n) is 5.13.